The standard InChI is InChI=1S/C14H14O4/c15-13(16)11-7-10(8-12(11)14(17)18)6-9-4-2-1-3-5-9/h1-6,11-12H,7-8H2,(H,15,16)(H,17,18). The highest BCUT2D eigenvalue weighted by Gasteiger charge is 2.40. The first-order chi connectivity index (χ1) is 8.58. The molecule has 2 rings (SSSR count). The van der Waals surface area contributed by atoms with E-state index in [2.05, 4.69) is 0 Å². The van der Waals surface area contributed by atoms with E-state index in [1.165, 1.54) is 0 Å². The van der Waals surface area contributed by atoms with Gasteiger partial charge in [0.05, 0.1) is 11.8 Å². The van der Waals surface area contributed by atoms with E-state index in [9.17, 15) is 9.59 Å². The first-order valence-electron chi connectivity index (χ1n) is 5.78. The van der Waals surface area contributed by atoms with Crippen molar-refractivity contribution in [1.82, 2.24) is 0 Å². The van der Waals surface area contributed by atoms with E-state index < -0.39 is 23.8 Å². The molecule has 2 unspecified atom stereocenters. The van der Waals surface area contributed by atoms with Crippen LogP contribution in [0.5, 0.6) is 0 Å². The fourth-order valence-electron chi connectivity index (χ4n) is 2.35. The maximum absolute atomic E-state index is 11.0. The summed E-state index contributed by atoms with van der Waals surface area (Å²) in [4.78, 5) is 22.0. The molecule has 94 valence electrons. The van der Waals surface area contributed by atoms with Gasteiger partial charge in [-0.15, -0.1) is 0 Å². The molecule has 0 bridgehead atoms. The summed E-state index contributed by atoms with van der Waals surface area (Å²) in [5, 5.41) is 18.1. The number of allylic oxidation sites excluding steroid dienone is 1. The average molecular weight is 246 g/mol. The van der Waals surface area contributed by atoms with Gasteiger partial charge in [0.2, 0.25) is 0 Å². The van der Waals surface area contributed by atoms with Crippen molar-refractivity contribution < 1.29 is 19.8 Å². The van der Waals surface area contributed by atoms with Crippen LogP contribution in [0.25, 0.3) is 6.08 Å². The van der Waals surface area contributed by atoms with Crippen LogP contribution in [0.2, 0.25) is 0 Å². The maximum Gasteiger partial charge on any atom is 0.307 e. The van der Waals surface area contributed by atoms with Gasteiger partial charge in [0.15, 0.2) is 0 Å². The van der Waals surface area contributed by atoms with Crippen LogP contribution in [0.4, 0.5) is 0 Å². The van der Waals surface area contributed by atoms with Crippen LogP contribution in [-0.2, 0) is 9.59 Å². The van der Waals surface area contributed by atoms with Gasteiger partial charge in [-0.05, 0) is 18.4 Å². The summed E-state index contributed by atoms with van der Waals surface area (Å²) in [6.07, 6.45) is 2.53. The Morgan fingerprint density at radius 2 is 1.50 bits per heavy atom. The molecule has 0 radical (unpaired) electrons. The van der Waals surface area contributed by atoms with E-state index in [1.807, 2.05) is 36.4 Å². The largest absolute Gasteiger partial charge is 0.481 e. The van der Waals surface area contributed by atoms with Crippen molar-refractivity contribution >= 4 is 18.0 Å². The molecule has 0 heterocycles. The third kappa shape index (κ3) is 2.59. The third-order valence-electron chi connectivity index (χ3n) is 3.25. The van der Waals surface area contributed by atoms with Crippen molar-refractivity contribution in [2.45, 2.75) is 12.8 Å². The molecule has 1 aromatic carbocycles. The van der Waals surface area contributed by atoms with Crippen LogP contribution in [0.1, 0.15) is 18.4 Å². The van der Waals surface area contributed by atoms with E-state index in [0.29, 0.717) is 12.8 Å². The quantitative estimate of drug-likeness (QED) is 0.857. The topological polar surface area (TPSA) is 74.6 Å². The number of aliphatic carboxylic acids is 2. The van der Waals surface area contributed by atoms with Gasteiger partial charge in [-0.1, -0.05) is 42.0 Å². The van der Waals surface area contributed by atoms with Crippen molar-refractivity contribution in [1.29, 1.82) is 0 Å². The van der Waals surface area contributed by atoms with Crippen molar-refractivity contribution in [2.75, 3.05) is 0 Å². The molecule has 0 saturated heterocycles. The first kappa shape index (κ1) is 12.4. The number of hydrogen-bond acceptors (Lipinski definition) is 2. The zero-order valence-electron chi connectivity index (χ0n) is 9.74. The monoisotopic (exact) mass is 246 g/mol. The van der Waals surface area contributed by atoms with Gasteiger partial charge in [0.25, 0.3) is 0 Å². The molecule has 1 fully saturated rings. The Kier molecular flexibility index (Phi) is 3.46. The lowest BCUT2D eigenvalue weighted by atomic mass is 9.97. The van der Waals surface area contributed by atoms with Crippen LogP contribution in [-0.4, -0.2) is 22.2 Å². The van der Waals surface area contributed by atoms with Gasteiger partial charge in [-0.3, -0.25) is 9.59 Å². The molecule has 0 spiro atoms. The third-order valence-corrected chi connectivity index (χ3v) is 3.25. The van der Waals surface area contributed by atoms with Gasteiger partial charge in [-0.25, -0.2) is 0 Å². The van der Waals surface area contributed by atoms with Crippen molar-refractivity contribution in [3.05, 3.63) is 41.5 Å². The molecule has 0 amide bonds. The number of carboxylic acids is 2. The van der Waals surface area contributed by atoms with Gasteiger partial charge in [0, 0.05) is 0 Å². The number of rotatable bonds is 3. The second kappa shape index (κ2) is 5.04. The maximum atomic E-state index is 11.0. The lowest BCUT2D eigenvalue weighted by Gasteiger charge is -2.08. The lowest BCUT2D eigenvalue weighted by Crippen LogP contribution is -2.24. The molecule has 18 heavy (non-hydrogen) atoms. The van der Waals surface area contributed by atoms with Gasteiger partial charge < -0.3 is 10.2 Å². The predicted octanol–water partition coefficient (Wildman–Crippen LogP) is 2.27. The summed E-state index contributed by atoms with van der Waals surface area (Å²) >= 11 is 0. The Hall–Kier alpha value is -2.10. The van der Waals surface area contributed by atoms with Crippen molar-refractivity contribution in [3.63, 3.8) is 0 Å². The summed E-state index contributed by atoms with van der Waals surface area (Å²) in [7, 11) is 0. The zero-order chi connectivity index (χ0) is 13.1. The lowest BCUT2D eigenvalue weighted by molar-refractivity contribution is -0.152. The molecule has 2 N–H and O–H groups in total. The fourth-order valence-corrected chi connectivity index (χ4v) is 2.35. The van der Waals surface area contributed by atoms with E-state index in [0.717, 1.165) is 11.1 Å². The molecule has 2 atom stereocenters. The van der Waals surface area contributed by atoms with Crippen molar-refractivity contribution in [2.24, 2.45) is 11.8 Å². The Bertz CT molecular complexity index is 466. The molecule has 1 aromatic rings. The van der Waals surface area contributed by atoms with Gasteiger partial charge >= 0.3 is 11.9 Å². The molecule has 4 nitrogen and oxygen atoms in total. The normalized spacial score (nSPS) is 22.8. The molecular weight excluding hydrogens is 232 g/mol. The number of carbonyl (C=O) groups is 2. The first-order valence-corrected chi connectivity index (χ1v) is 5.78. The minimum atomic E-state index is -1.03. The summed E-state index contributed by atoms with van der Waals surface area (Å²) < 4.78 is 0. The zero-order valence-corrected chi connectivity index (χ0v) is 9.74. The minimum Gasteiger partial charge on any atom is -0.481 e. The minimum absolute atomic E-state index is 0.321. The molecule has 0 aliphatic heterocycles. The van der Waals surface area contributed by atoms with Gasteiger partial charge in [0.1, 0.15) is 0 Å². The second-order valence-electron chi connectivity index (χ2n) is 4.51. The van der Waals surface area contributed by atoms with Crippen LogP contribution in [0, 0.1) is 11.8 Å². The molecule has 0 aromatic heterocycles. The highest BCUT2D eigenvalue weighted by atomic mass is 16.4. The van der Waals surface area contributed by atoms with Gasteiger partial charge in [-0.2, -0.15) is 0 Å². The Balaban J connectivity index is 2.21. The Morgan fingerprint density at radius 1 is 1.00 bits per heavy atom. The van der Waals surface area contributed by atoms with Crippen molar-refractivity contribution in [3.8, 4) is 0 Å². The highest BCUT2D eigenvalue weighted by molar-refractivity contribution is 5.82. The highest BCUT2D eigenvalue weighted by Crippen LogP contribution is 2.37. The number of carboxylic acid groups (broad SMARTS) is 2. The molecule has 4 heteroatoms. The molecule has 1 saturated carbocycles. The van der Waals surface area contributed by atoms with Crippen LogP contribution < -0.4 is 0 Å². The summed E-state index contributed by atoms with van der Waals surface area (Å²) in [6.45, 7) is 0. The van der Waals surface area contributed by atoms with Crippen LogP contribution in [0.15, 0.2) is 35.9 Å². The summed E-state index contributed by atoms with van der Waals surface area (Å²) in [6, 6.07) is 9.51. The molecule has 1 aliphatic carbocycles. The molecule has 1 aliphatic rings. The second-order valence-corrected chi connectivity index (χ2v) is 4.51. The molecular formula is C14H14O4. The summed E-state index contributed by atoms with van der Waals surface area (Å²) in [5.74, 6) is -3.67. The predicted molar refractivity (Wildman–Crippen MR) is 65.9 cm³/mol. The fraction of sp³-hybridized carbons (Fsp3) is 0.286. The Labute approximate surface area is 105 Å². The SMILES string of the molecule is O=C(O)C1CC(=Cc2ccccc2)CC1C(=O)O. The van der Waals surface area contributed by atoms with E-state index in [1.54, 1.807) is 0 Å². The van der Waals surface area contributed by atoms with Crippen LogP contribution in [0.3, 0.4) is 0 Å². The van der Waals surface area contributed by atoms with E-state index in [-0.39, 0.29) is 0 Å². The number of hydrogen-bond donors (Lipinski definition) is 2. The van der Waals surface area contributed by atoms with Crippen LogP contribution >= 0.6 is 0 Å². The van der Waals surface area contributed by atoms with E-state index in [4.69, 9.17) is 10.2 Å². The number of benzene rings is 1. The average Bonchev–Trinajstić information content (AvgIpc) is 2.74. The Morgan fingerprint density at radius 3 is 1.94 bits per heavy atom. The summed E-state index contributed by atoms with van der Waals surface area (Å²) in [5.41, 5.74) is 1.86. The van der Waals surface area contributed by atoms with E-state index >= 15 is 0 Å². The smallest absolute Gasteiger partial charge is 0.307 e.